The first-order valence-electron chi connectivity index (χ1n) is 6.04. The summed E-state index contributed by atoms with van der Waals surface area (Å²) in [7, 11) is 3.51. The third-order valence-electron chi connectivity index (χ3n) is 2.91. The first kappa shape index (κ1) is 15.2. The van der Waals surface area contributed by atoms with Gasteiger partial charge in [0.1, 0.15) is 0 Å². The number of hydrogen-bond acceptors (Lipinski definition) is 3. The molecule has 1 unspecified atom stereocenters. The molecule has 0 rings (SSSR count). The molecule has 0 aromatic carbocycles. The Morgan fingerprint density at radius 2 is 2.06 bits per heavy atom. The monoisotopic (exact) mass is 227 g/mol. The van der Waals surface area contributed by atoms with Gasteiger partial charge in [-0.2, -0.15) is 0 Å². The molecule has 0 aromatic heterocycles. The van der Waals surface area contributed by atoms with E-state index in [0.29, 0.717) is 6.04 Å². The largest absolute Gasteiger partial charge is 0.466 e. The first-order chi connectivity index (χ1) is 7.56. The zero-order chi connectivity index (χ0) is 12.6. The molecule has 0 aromatic rings. The van der Waals surface area contributed by atoms with Gasteiger partial charge in [0, 0.05) is 18.2 Å². The van der Waals surface area contributed by atoms with E-state index in [-0.39, 0.29) is 5.97 Å². The fourth-order valence-electron chi connectivity index (χ4n) is 1.58. The van der Waals surface area contributed by atoms with Crippen LogP contribution in [0, 0.1) is 0 Å². The second-order valence-corrected chi connectivity index (χ2v) is 4.15. The molecule has 94 valence electrons. The fourth-order valence-corrected chi connectivity index (χ4v) is 1.58. The maximum Gasteiger partial charge on any atom is 0.333 e. The van der Waals surface area contributed by atoms with E-state index in [4.69, 9.17) is 4.74 Å². The van der Waals surface area contributed by atoms with Crippen molar-refractivity contribution in [2.24, 2.45) is 0 Å². The van der Waals surface area contributed by atoms with Gasteiger partial charge in [-0.15, -0.1) is 0 Å². The minimum absolute atomic E-state index is 0.209. The average Bonchev–Trinajstić information content (AvgIpc) is 2.29. The summed E-state index contributed by atoms with van der Waals surface area (Å²) in [6.07, 6.45) is 5.07. The maximum atomic E-state index is 11.3. The van der Waals surface area contributed by atoms with Crippen LogP contribution in [0.3, 0.4) is 0 Å². The molecule has 3 heteroatoms. The van der Waals surface area contributed by atoms with Gasteiger partial charge in [-0.1, -0.05) is 26.3 Å². The van der Waals surface area contributed by atoms with Crippen molar-refractivity contribution in [3.8, 4) is 0 Å². The predicted molar refractivity (Wildman–Crippen MR) is 67.4 cm³/mol. The van der Waals surface area contributed by atoms with Gasteiger partial charge in [0.2, 0.25) is 0 Å². The van der Waals surface area contributed by atoms with Crippen molar-refractivity contribution in [3.63, 3.8) is 0 Å². The molecular formula is C13H25NO2. The summed E-state index contributed by atoms with van der Waals surface area (Å²) in [5.41, 5.74) is 0.762. The smallest absolute Gasteiger partial charge is 0.333 e. The molecule has 0 amide bonds. The van der Waals surface area contributed by atoms with Crippen LogP contribution in [0.2, 0.25) is 0 Å². The standard InChI is InChI=1S/C13H25NO2/c1-6-8-11(3)14(4)10-9-12(7-2)13(15)16-5/h9,11H,6-8,10H2,1-5H3. The number of hydrogen-bond donors (Lipinski definition) is 0. The lowest BCUT2D eigenvalue weighted by Crippen LogP contribution is -2.29. The second-order valence-electron chi connectivity index (χ2n) is 4.15. The zero-order valence-electron chi connectivity index (χ0n) is 11.2. The Bertz CT molecular complexity index is 236. The Balaban J connectivity index is 4.26. The van der Waals surface area contributed by atoms with Crippen molar-refractivity contribution in [3.05, 3.63) is 11.6 Å². The zero-order valence-corrected chi connectivity index (χ0v) is 11.2. The minimum Gasteiger partial charge on any atom is -0.466 e. The van der Waals surface area contributed by atoms with E-state index >= 15 is 0 Å². The number of carbonyl (C=O) groups is 1. The number of carbonyl (C=O) groups excluding carboxylic acids is 1. The van der Waals surface area contributed by atoms with Crippen molar-refractivity contribution in [1.29, 1.82) is 0 Å². The van der Waals surface area contributed by atoms with Crippen LogP contribution in [0.25, 0.3) is 0 Å². The van der Waals surface area contributed by atoms with Crippen LogP contribution in [0.5, 0.6) is 0 Å². The van der Waals surface area contributed by atoms with E-state index in [2.05, 4.69) is 25.8 Å². The van der Waals surface area contributed by atoms with E-state index in [1.165, 1.54) is 20.0 Å². The summed E-state index contributed by atoms with van der Waals surface area (Å²) in [5, 5.41) is 0. The van der Waals surface area contributed by atoms with Crippen LogP contribution in [-0.2, 0) is 9.53 Å². The third kappa shape index (κ3) is 5.31. The fraction of sp³-hybridized carbons (Fsp3) is 0.769. The van der Waals surface area contributed by atoms with Crippen LogP contribution in [0.1, 0.15) is 40.0 Å². The predicted octanol–water partition coefficient (Wildman–Crippen LogP) is 2.62. The van der Waals surface area contributed by atoms with Gasteiger partial charge in [0.05, 0.1) is 7.11 Å². The highest BCUT2D eigenvalue weighted by molar-refractivity contribution is 5.88. The summed E-state index contributed by atoms with van der Waals surface area (Å²) in [6.45, 7) is 7.17. The number of rotatable bonds is 7. The lowest BCUT2D eigenvalue weighted by Gasteiger charge is -2.23. The molecule has 0 radical (unpaired) electrons. The molecule has 0 N–H and O–H groups in total. The van der Waals surface area contributed by atoms with Crippen molar-refractivity contribution >= 4 is 5.97 Å². The van der Waals surface area contributed by atoms with E-state index in [9.17, 15) is 4.79 Å². The van der Waals surface area contributed by atoms with Gasteiger partial charge in [0.25, 0.3) is 0 Å². The molecule has 0 spiro atoms. The molecule has 0 saturated carbocycles. The van der Waals surface area contributed by atoms with Crippen LogP contribution < -0.4 is 0 Å². The van der Waals surface area contributed by atoms with E-state index in [1.807, 2.05) is 13.0 Å². The normalized spacial score (nSPS) is 14.0. The first-order valence-corrected chi connectivity index (χ1v) is 6.04. The van der Waals surface area contributed by atoms with E-state index < -0.39 is 0 Å². The van der Waals surface area contributed by atoms with Crippen LogP contribution in [0.15, 0.2) is 11.6 Å². The highest BCUT2D eigenvalue weighted by Crippen LogP contribution is 2.07. The number of likely N-dealkylation sites (N-methyl/N-ethyl adjacent to an activating group) is 1. The molecule has 3 nitrogen and oxygen atoms in total. The lowest BCUT2D eigenvalue weighted by molar-refractivity contribution is -0.136. The van der Waals surface area contributed by atoms with Gasteiger partial charge in [0.15, 0.2) is 0 Å². The second kappa shape index (κ2) is 8.34. The number of ether oxygens (including phenoxy) is 1. The van der Waals surface area contributed by atoms with Crippen molar-refractivity contribution in [2.45, 2.75) is 46.1 Å². The van der Waals surface area contributed by atoms with Crippen molar-refractivity contribution in [2.75, 3.05) is 20.7 Å². The van der Waals surface area contributed by atoms with Gasteiger partial charge in [-0.3, -0.25) is 0 Å². The minimum atomic E-state index is -0.209. The number of methoxy groups -OCH3 is 1. The van der Waals surface area contributed by atoms with Crippen molar-refractivity contribution in [1.82, 2.24) is 4.90 Å². The van der Waals surface area contributed by atoms with E-state index in [0.717, 1.165) is 18.5 Å². The van der Waals surface area contributed by atoms with Crippen molar-refractivity contribution < 1.29 is 9.53 Å². The quantitative estimate of drug-likeness (QED) is 0.494. The van der Waals surface area contributed by atoms with E-state index in [1.54, 1.807) is 0 Å². The van der Waals surface area contributed by atoms with Gasteiger partial charge in [-0.25, -0.2) is 4.79 Å². The summed E-state index contributed by atoms with van der Waals surface area (Å²) < 4.78 is 4.72. The topological polar surface area (TPSA) is 29.5 Å². The summed E-state index contributed by atoms with van der Waals surface area (Å²) in [6, 6.07) is 0.553. The molecule has 16 heavy (non-hydrogen) atoms. The molecule has 0 aliphatic carbocycles. The molecular weight excluding hydrogens is 202 g/mol. The number of esters is 1. The highest BCUT2D eigenvalue weighted by atomic mass is 16.5. The van der Waals surface area contributed by atoms with Gasteiger partial charge in [-0.05, 0) is 26.8 Å². The Morgan fingerprint density at radius 3 is 2.50 bits per heavy atom. The van der Waals surface area contributed by atoms with Gasteiger partial charge < -0.3 is 9.64 Å². The Hall–Kier alpha value is -0.830. The summed E-state index contributed by atoms with van der Waals surface area (Å²) in [5.74, 6) is -0.209. The average molecular weight is 227 g/mol. The number of nitrogens with zero attached hydrogens (tertiary/aromatic N) is 1. The molecule has 0 fully saturated rings. The molecule has 0 aliphatic heterocycles. The highest BCUT2D eigenvalue weighted by Gasteiger charge is 2.09. The maximum absolute atomic E-state index is 11.3. The molecule has 0 saturated heterocycles. The van der Waals surface area contributed by atoms with Gasteiger partial charge >= 0.3 is 5.97 Å². The molecule has 0 aliphatic rings. The Morgan fingerprint density at radius 1 is 1.44 bits per heavy atom. The Labute approximate surface area is 99.5 Å². The lowest BCUT2D eigenvalue weighted by atomic mass is 10.1. The van der Waals surface area contributed by atoms with Crippen LogP contribution in [-0.4, -0.2) is 37.6 Å². The molecule has 1 atom stereocenters. The summed E-state index contributed by atoms with van der Waals surface area (Å²) in [4.78, 5) is 13.6. The molecule has 0 bridgehead atoms. The summed E-state index contributed by atoms with van der Waals surface area (Å²) >= 11 is 0. The SMILES string of the molecule is CCCC(C)N(C)CC=C(CC)C(=O)OC. The third-order valence-corrected chi connectivity index (χ3v) is 2.91. The molecule has 0 heterocycles. The van der Waals surface area contributed by atoms with Crippen LogP contribution >= 0.6 is 0 Å². The Kier molecular flexibility index (Phi) is 7.90. The van der Waals surface area contributed by atoms with Crippen LogP contribution in [0.4, 0.5) is 0 Å².